The Morgan fingerprint density at radius 2 is 2.08 bits per heavy atom. The topological polar surface area (TPSA) is 87.6 Å². The summed E-state index contributed by atoms with van der Waals surface area (Å²) >= 11 is 1.02. The highest BCUT2D eigenvalue weighted by Crippen LogP contribution is 2.34. The lowest BCUT2D eigenvalue weighted by Gasteiger charge is -2.15. The number of carbonyl (C=O) groups is 3. The molecule has 0 radical (unpaired) electrons. The maximum absolute atomic E-state index is 12.6. The van der Waals surface area contributed by atoms with Crippen LogP contribution in [-0.2, 0) is 9.59 Å². The molecule has 1 aromatic heterocycles. The summed E-state index contributed by atoms with van der Waals surface area (Å²) < 4.78 is 0. The van der Waals surface area contributed by atoms with Gasteiger partial charge >= 0.3 is 5.97 Å². The van der Waals surface area contributed by atoms with E-state index in [1.165, 1.54) is 18.3 Å². The average molecular weight is 342 g/mol. The van der Waals surface area contributed by atoms with Crippen LogP contribution in [0.5, 0.6) is 0 Å². The third kappa shape index (κ3) is 3.03. The molecule has 6 nitrogen and oxygen atoms in total. The molecule has 1 aromatic carbocycles. The lowest BCUT2D eigenvalue weighted by molar-refractivity contribution is -0.121. The number of amides is 2. The summed E-state index contributed by atoms with van der Waals surface area (Å²) in [5, 5.41) is 8.77. The van der Waals surface area contributed by atoms with E-state index in [-0.39, 0.29) is 28.8 Å². The highest BCUT2D eigenvalue weighted by molar-refractivity contribution is 8.00. The number of hydrogen-bond acceptors (Lipinski definition) is 5. The molecule has 7 heteroatoms. The number of carbonyl (C=O) groups excluding carboxylic acids is 2. The number of carboxylic acid groups (broad SMARTS) is 1. The molecule has 2 aromatic rings. The molecule has 2 amide bonds. The van der Waals surface area contributed by atoms with E-state index in [4.69, 9.17) is 0 Å². The van der Waals surface area contributed by atoms with Crippen LogP contribution in [0.15, 0.2) is 47.6 Å². The van der Waals surface area contributed by atoms with Gasteiger partial charge in [-0.2, -0.15) is 0 Å². The summed E-state index contributed by atoms with van der Waals surface area (Å²) in [6, 6.07) is 10.1. The zero-order valence-corrected chi connectivity index (χ0v) is 13.6. The van der Waals surface area contributed by atoms with E-state index in [1.807, 2.05) is 13.0 Å². The van der Waals surface area contributed by atoms with Gasteiger partial charge in [-0.1, -0.05) is 23.9 Å². The minimum absolute atomic E-state index is 0.0209. The Kier molecular flexibility index (Phi) is 4.35. The van der Waals surface area contributed by atoms with E-state index in [1.54, 1.807) is 18.2 Å². The molecule has 0 unspecified atom stereocenters. The van der Waals surface area contributed by atoms with Crippen LogP contribution in [0.3, 0.4) is 0 Å². The predicted octanol–water partition coefficient (Wildman–Crippen LogP) is 2.51. The van der Waals surface area contributed by atoms with Crippen LogP contribution in [-0.4, -0.2) is 33.1 Å². The van der Waals surface area contributed by atoms with Crippen LogP contribution in [0.2, 0.25) is 0 Å². The molecule has 122 valence electrons. The molecule has 1 N–H and O–H groups in total. The van der Waals surface area contributed by atoms with Crippen molar-refractivity contribution >= 4 is 35.2 Å². The van der Waals surface area contributed by atoms with Crippen molar-refractivity contribution in [2.24, 2.45) is 0 Å². The number of nitrogens with zero attached hydrogens (tertiary/aromatic N) is 2. The van der Waals surface area contributed by atoms with E-state index in [2.05, 4.69) is 4.98 Å². The van der Waals surface area contributed by atoms with Gasteiger partial charge in [0.05, 0.1) is 16.5 Å². The number of imide groups is 1. The summed E-state index contributed by atoms with van der Waals surface area (Å²) in [6.07, 6.45) is 1.49. The third-order valence-electron chi connectivity index (χ3n) is 3.62. The van der Waals surface area contributed by atoms with Crippen LogP contribution >= 0.6 is 11.8 Å². The van der Waals surface area contributed by atoms with Gasteiger partial charge in [0.25, 0.3) is 0 Å². The minimum atomic E-state index is -1.11. The standard InChI is InChI=1S/C17H14N2O4S/c1-10-4-2-5-11(8-10)19-14(20)9-13(16(19)21)24-15-12(17(22)23)6-3-7-18-15/h2-8,13H,9H2,1H3,(H,22,23)/t13-/m1/s1. The summed E-state index contributed by atoms with van der Waals surface area (Å²) in [7, 11) is 0. The molecular weight excluding hydrogens is 328 g/mol. The quantitative estimate of drug-likeness (QED) is 0.859. The molecule has 0 spiro atoms. The van der Waals surface area contributed by atoms with Gasteiger partial charge in [0.1, 0.15) is 5.03 Å². The van der Waals surface area contributed by atoms with Gasteiger partial charge in [-0.3, -0.25) is 9.59 Å². The van der Waals surface area contributed by atoms with Crippen molar-refractivity contribution in [2.75, 3.05) is 4.90 Å². The highest BCUT2D eigenvalue weighted by Gasteiger charge is 2.40. The summed E-state index contributed by atoms with van der Waals surface area (Å²) in [4.78, 5) is 41.3. The Morgan fingerprint density at radius 3 is 2.79 bits per heavy atom. The minimum Gasteiger partial charge on any atom is -0.478 e. The van der Waals surface area contributed by atoms with Gasteiger partial charge < -0.3 is 5.11 Å². The van der Waals surface area contributed by atoms with Crippen molar-refractivity contribution in [2.45, 2.75) is 23.6 Å². The molecule has 2 heterocycles. The van der Waals surface area contributed by atoms with Crippen molar-refractivity contribution in [1.82, 2.24) is 4.98 Å². The summed E-state index contributed by atoms with van der Waals surface area (Å²) in [5.74, 6) is -1.76. The number of hydrogen-bond donors (Lipinski definition) is 1. The first-order valence-electron chi connectivity index (χ1n) is 7.26. The van der Waals surface area contributed by atoms with Crippen LogP contribution in [0.4, 0.5) is 5.69 Å². The number of rotatable bonds is 4. The molecule has 1 aliphatic rings. The van der Waals surface area contributed by atoms with E-state index < -0.39 is 11.2 Å². The van der Waals surface area contributed by atoms with Crippen molar-refractivity contribution in [3.05, 3.63) is 53.7 Å². The molecule has 0 aliphatic carbocycles. The Morgan fingerprint density at radius 1 is 1.29 bits per heavy atom. The molecule has 1 atom stereocenters. The maximum atomic E-state index is 12.6. The fourth-order valence-electron chi connectivity index (χ4n) is 2.52. The first-order chi connectivity index (χ1) is 11.5. The fraction of sp³-hybridized carbons (Fsp3) is 0.176. The average Bonchev–Trinajstić information content (AvgIpc) is 2.81. The van der Waals surface area contributed by atoms with Gasteiger partial charge in [-0.05, 0) is 36.8 Å². The lowest BCUT2D eigenvalue weighted by Crippen LogP contribution is -2.31. The second kappa shape index (κ2) is 6.45. The molecule has 1 fully saturated rings. The highest BCUT2D eigenvalue weighted by atomic mass is 32.2. The van der Waals surface area contributed by atoms with Gasteiger partial charge in [-0.25, -0.2) is 14.7 Å². The number of pyridine rings is 1. The molecule has 0 saturated carbocycles. The smallest absolute Gasteiger partial charge is 0.338 e. The van der Waals surface area contributed by atoms with Crippen molar-refractivity contribution < 1.29 is 19.5 Å². The van der Waals surface area contributed by atoms with Crippen LogP contribution < -0.4 is 4.90 Å². The number of carboxylic acids is 1. The van der Waals surface area contributed by atoms with E-state index in [0.29, 0.717) is 5.69 Å². The first-order valence-corrected chi connectivity index (χ1v) is 8.14. The molecule has 1 saturated heterocycles. The van der Waals surface area contributed by atoms with Crippen molar-refractivity contribution in [1.29, 1.82) is 0 Å². The van der Waals surface area contributed by atoms with Gasteiger partial charge in [-0.15, -0.1) is 0 Å². The molecule has 3 rings (SSSR count). The number of aryl methyl sites for hydroxylation is 1. The summed E-state index contributed by atoms with van der Waals surface area (Å²) in [6.45, 7) is 1.88. The Balaban J connectivity index is 1.86. The van der Waals surface area contributed by atoms with Crippen molar-refractivity contribution in [3.8, 4) is 0 Å². The van der Waals surface area contributed by atoms with Crippen LogP contribution in [0, 0.1) is 6.92 Å². The van der Waals surface area contributed by atoms with Crippen LogP contribution in [0.25, 0.3) is 0 Å². The second-order valence-electron chi connectivity index (χ2n) is 5.38. The normalized spacial score (nSPS) is 17.4. The SMILES string of the molecule is Cc1cccc(N2C(=O)C[C@@H](Sc3ncccc3C(=O)O)C2=O)c1. The largest absolute Gasteiger partial charge is 0.478 e. The number of benzene rings is 1. The van der Waals surface area contributed by atoms with Gasteiger partial charge in [0, 0.05) is 12.6 Å². The van der Waals surface area contributed by atoms with Crippen molar-refractivity contribution in [3.63, 3.8) is 0 Å². The Hall–Kier alpha value is -2.67. The van der Waals surface area contributed by atoms with E-state index in [9.17, 15) is 19.5 Å². The molecular formula is C17H14N2O4S. The maximum Gasteiger partial charge on any atom is 0.338 e. The Labute approximate surface area is 142 Å². The molecule has 1 aliphatic heterocycles. The molecule has 0 bridgehead atoms. The molecule has 24 heavy (non-hydrogen) atoms. The number of thioether (sulfide) groups is 1. The van der Waals surface area contributed by atoms with E-state index in [0.717, 1.165) is 22.2 Å². The van der Waals surface area contributed by atoms with E-state index >= 15 is 0 Å². The van der Waals surface area contributed by atoms with Crippen LogP contribution in [0.1, 0.15) is 22.3 Å². The summed E-state index contributed by atoms with van der Waals surface area (Å²) in [5.41, 5.74) is 1.51. The van der Waals surface area contributed by atoms with Gasteiger partial charge in [0.2, 0.25) is 11.8 Å². The zero-order chi connectivity index (χ0) is 17.3. The lowest BCUT2D eigenvalue weighted by atomic mass is 10.2. The van der Waals surface area contributed by atoms with Gasteiger partial charge in [0.15, 0.2) is 0 Å². The zero-order valence-electron chi connectivity index (χ0n) is 12.8. The second-order valence-corrected chi connectivity index (χ2v) is 6.57. The predicted molar refractivity (Wildman–Crippen MR) is 89.1 cm³/mol. The number of aromatic carboxylic acids is 1. The Bertz CT molecular complexity index is 837. The first kappa shape index (κ1) is 16.2. The number of anilines is 1. The fourth-order valence-corrected chi connectivity index (χ4v) is 3.62. The monoisotopic (exact) mass is 342 g/mol. The number of aromatic nitrogens is 1. The third-order valence-corrected chi connectivity index (χ3v) is 4.82.